The van der Waals surface area contributed by atoms with E-state index in [9.17, 15) is 9.59 Å². The molecule has 7 nitrogen and oxygen atoms in total. The Morgan fingerprint density at radius 1 is 1.29 bits per heavy atom. The number of piperidine rings is 1. The number of nitrogens with zero attached hydrogens (tertiary/aromatic N) is 1. The van der Waals surface area contributed by atoms with Gasteiger partial charge in [0.05, 0.1) is 12.0 Å². The Morgan fingerprint density at radius 3 is 2.61 bits per heavy atom. The van der Waals surface area contributed by atoms with Crippen molar-refractivity contribution in [1.82, 2.24) is 10.8 Å². The molecule has 2 aliphatic rings. The number of nitrogens with one attached hydrogen (secondary N) is 2. The van der Waals surface area contributed by atoms with E-state index in [1.165, 1.54) is 6.08 Å². The van der Waals surface area contributed by atoms with Crippen LogP contribution in [0.3, 0.4) is 0 Å². The Kier molecular flexibility index (Phi) is 6.70. The van der Waals surface area contributed by atoms with Crippen LogP contribution < -0.4 is 15.7 Å². The van der Waals surface area contributed by atoms with E-state index in [2.05, 4.69) is 10.2 Å². The monoisotopic (exact) mass is 387 g/mol. The van der Waals surface area contributed by atoms with Crippen LogP contribution in [-0.2, 0) is 14.3 Å². The van der Waals surface area contributed by atoms with Gasteiger partial charge in [-0.25, -0.2) is 5.48 Å². The Morgan fingerprint density at radius 2 is 2.00 bits per heavy atom. The van der Waals surface area contributed by atoms with Crippen LogP contribution in [-0.4, -0.2) is 49.9 Å². The molecule has 0 radical (unpaired) electrons. The van der Waals surface area contributed by atoms with Crippen molar-refractivity contribution in [3.63, 3.8) is 0 Å². The van der Waals surface area contributed by atoms with Gasteiger partial charge < -0.3 is 15.0 Å². The molecule has 1 aromatic rings. The van der Waals surface area contributed by atoms with Crippen molar-refractivity contribution in [2.24, 2.45) is 5.41 Å². The molecule has 3 N–H and O–H groups in total. The van der Waals surface area contributed by atoms with Crippen molar-refractivity contribution in [2.45, 2.75) is 38.1 Å². The van der Waals surface area contributed by atoms with Crippen LogP contribution >= 0.6 is 0 Å². The van der Waals surface area contributed by atoms with Gasteiger partial charge in [-0.3, -0.25) is 14.8 Å². The maximum Gasteiger partial charge on any atom is 0.267 e. The fourth-order valence-electron chi connectivity index (χ4n) is 4.04. The van der Waals surface area contributed by atoms with Crippen molar-refractivity contribution in [3.8, 4) is 0 Å². The molecule has 1 aliphatic carbocycles. The van der Waals surface area contributed by atoms with Crippen molar-refractivity contribution in [1.29, 1.82) is 0 Å². The molecule has 1 aliphatic heterocycles. The molecule has 0 unspecified atom stereocenters. The van der Waals surface area contributed by atoms with Crippen LogP contribution in [0.25, 0.3) is 6.08 Å². The normalized spacial score (nSPS) is 19.3. The molecule has 1 saturated heterocycles. The van der Waals surface area contributed by atoms with E-state index in [1.54, 1.807) is 18.7 Å². The first-order valence-corrected chi connectivity index (χ1v) is 9.84. The predicted molar refractivity (Wildman–Crippen MR) is 107 cm³/mol. The van der Waals surface area contributed by atoms with Crippen molar-refractivity contribution in [3.05, 3.63) is 35.9 Å². The van der Waals surface area contributed by atoms with Gasteiger partial charge in [-0.15, -0.1) is 0 Å². The number of hydrogen-bond donors (Lipinski definition) is 3. The second-order valence-corrected chi connectivity index (χ2v) is 7.67. The van der Waals surface area contributed by atoms with Crippen molar-refractivity contribution in [2.75, 3.05) is 31.7 Å². The molecule has 1 aromatic carbocycles. The van der Waals surface area contributed by atoms with Gasteiger partial charge in [0, 0.05) is 38.0 Å². The predicted octanol–water partition coefficient (Wildman–Crippen LogP) is 2.11. The summed E-state index contributed by atoms with van der Waals surface area (Å²) in [4.78, 5) is 26.3. The highest BCUT2D eigenvalue weighted by atomic mass is 16.5. The van der Waals surface area contributed by atoms with Gasteiger partial charge in [0.1, 0.15) is 0 Å². The minimum absolute atomic E-state index is 0.136. The van der Waals surface area contributed by atoms with Crippen molar-refractivity contribution >= 4 is 23.6 Å². The second kappa shape index (κ2) is 9.21. The maximum atomic E-state index is 12.7. The summed E-state index contributed by atoms with van der Waals surface area (Å²) in [5, 5.41) is 11.9. The molecule has 1 heterocycles. The van der Waals surface area contributed by atoms with Gasteiger partial charge >= 0.3 is 0 Å². The maximum absolute atomic E-state index is 12.7. The van der Waals surface area contributed by atoms with Gasteiger partial charge in [-0.05, 0) is 43.4 Å². The number of anilines is 1. The number of methoxy groups -OCH3 is 1. The van der Waals surface area contributed by atoms with Gasteiger partial charge in [0.25, 0.3) is 5.91 Å². The summed E-state index contributed by atoms with van der Waals surface area (Å²) >= 11 is 0. The molecule has 0 aromatic heterocycles. The highest BCUT2D eigenvalue weighted by molar-refractivity contribution is 5.91. The highest BCUT2D eigenvalue weighted by Crippen LogP contribution is 2.41. The van der Waals surface area contributed by atoms with Crippen LogP contribution in [0.5, 0.6) is 0 Å². The summed E-state index contributed by atoms with van der Waals surface area (Å²) in [5.41, 5.74) is 3.24. The third kappa shape index (κ3) is 4.54. The smallest absolute Gasteiger partial charge is 0.267 e. The summed E-state index contributed by atoms with van der Waals surface area (Å²) in [7, 11) is 1.65. The zero-order valence-corrected chi connectivity index (χ0v) is 16.3. The molecule has 7 heteroatoms. The van der Waals surface area contributed by atoms with Crippen molar-refractivity contribution < 1.29 is 19.5 Å². The first kappa shape index (κ1) is 20.4. The molecule has 28 heavy (non-hydrogen) atoms. The molecule has 0 atom stereocenters. The number of rotatable bonds is 7. The van der Waals surface area contributed by atoms with Gasteiger partial charge in [-0.1, -0.05) is 24.6 Å². The molecular weight excluding hydrogens is 358 g/mol. The third-order valence-electron chi connectivity index (χ3n) is 5.85. The lowest BCUT2D eigenvalue weighted by Crippen LogP contribution is -2.53. The molecule has 1 saturated carbocycles. The number of para-hydroxylation sites is 1. The number of carbonyl (C=O) groups is 2. The van der Waals surface area contributed by atoms with Gasteiger partial charge in [0.2, 0.25) is 5.91 Å². The summed E-state index contributed by atoms with van der Waals surface area (Å²) in [5.74, 6) is -0.422. The molecule has 0 bridgehead atoms. The minimum Gasteiger partial charge on any atom is -0.384 e. The average Bonchev–Trinajstić information content (AvgIpc) is 2.69. The summed E-state index contributed by atoms with van der Waals surface area (Å²) in [6, 6.07) is 8.03. The summed E-state index contributed by atoms with van der Waals surface area (Å²) < 4.78 is 5.28. The SMILES string of the molecule is COCC1(C(=O)NC2CCN(c3ccccc3/C=C/C(=O)NO)CC2)CCC1. The van der Waals surface area contributed by atoms with Crippen LogP contribution in [0.4, 0.5) is 5.69 Å². The number of amides is 2. The van der Waals surface area contributed by atoms with E-state index in [4.69, 9.17) is 9.94 Å². The van der Waals surface area contributed by atoms with E-state index in [0.717, 1.165) is 56.4 Å². The van der Waals surface area contributed by atoms with Gasteiger partial charge in [-0.2, -0.15) is 0 Å². The zero-order chi connectivity index (χ0) is 20.0. The Balaban J connectivity index is 1.58. The molecule has 152 valence electrons. The first-order valence-electron chi connectivity index (χ1n) is 9.84. The fourth-order valence-corrected chi connectivity index (χ4v) is 4.04. The fraction of sp³-hybridized carbons (Fsp3) is 0.524. The number of carbonyl (C=O) groups excluding carboxylic acids is 2. The lowest BCUT2D eigenvalue weighted by molar-refractivity contribution is -0.141. The van der Waals surface area contributed by atoms with E-state index in [1.807, 2.05) is 24.3 Å². The van der Waals surface area contributed by atoms with E-state index < -0.39 is 5.91 Å². The molecule has 2 amide bonds. The first-order chi connectivity index (χ1) is 13.6. The second-order valence-electron chi connectivity index (χ2n) is 7.67. The molecule has 3 rings (SSSR count). The zero-order valence-electron chi connectivity index (χ0n) is 16.3. The molecule has 0 spiro atoms. The number of benzene rings is 1. The largest absolute Gasteiger partial charge is 0.384 e. The molecular formula is C21H29N3O4. The van der Waals surface area contributed by atoms with E-state index in [-0.39, 0.29) is 17.4 Å². The Labute approximate surface area is 165 Å². The summed E-state index contributed by atoms with van der Waals surface area (Å²) in [6.07, 6.45) is 7.67. The Hall–Kier alpha value is -2.38. The average molecular weight is 387 g/mol. The Bertz CT molecular complexity index is 722. The van der Waals surface area contributed by atoms with Crippen LogP contribution in [0, 0.1) is 5.41 Å². The van der Waals surface area contributed by atoms with E-state index in [0.29, 0.717) is 6.61 Å². The molecule has 2 fully saturated rings. The van der Waals surface area contributed by atoms with E-state index >= 15 is 0 Å². The highest BCUT2D eigenvalue weighted by Gasteiger charge is 2.44. The van der Waals surface area contributed by atoms with Crippen LogP contribution in [0.2, 0.25) is 0 Å². The minimum atomic E-state index is -0.558. The quantitative estimate of drug-likeness (QED) is 0.379. The number of ether oxygens (including phenoxy) is 1. The standard InChI is InChI=1S/C21H29N3O4/c1-28-15-21(11-4-12-21)20(26)22-17-9-13-24(14-10-17)18-6-3-2-5-16(18)7-8-19(25)23-27/h2-3,5-8,17,27H,4,9-15H2,1H3,(H,22,26)(H,23,25)/b8-7+. The lowest BCUT2D eigenvalue weighted by Gasteiger charge is -2.42. The van der Waals surface area contributed by atoms with Crippen LogP contribution in [0.1, 0.15) is 37.7 Å². The summed E-state index contributed by atoms with van der Waals surface area (Å²) in [6.45, 7) is 2.16. The van der Waals surface area contributed by atoms with Crippen LogP contribution in [0.15, 0.2) is 30.3 Å². The topological polar surface area (TPSA) is 90.9 Å². The van der Waals surface area contributed by atoms with Gasteiger partial charge in [0.15, 0.2) is 0 Å². The number of hydrogen-bond acceptors (Lipinski definition) is 5. The third-order valence-corrected chi connectivity index (χ3v) is 5.85. The lowest BCUT2D eigenvalue weighted by atomic mass is 9.68. The number of hydroxylamine groups is 1.